The highest BCUT2D eigenvalue weighted by Crippen LogP contribution is 2.48. The van der Waals surface area contributed by atoms with Gasteiger partial charge in [-0.25, -0.2) is 0 Å². The van der Waals surface area contributed by atoms with E-state index in [1.165, 1.54) is 10.8 Å². The van der Waals surface area contributed by atoms with Crippen molar-refractivity contribution in [2.45, 2.75) is 0 Å². The first-order chi connectivity index (χ1) is 23.3. The van der Waals surface area contributed by atoms with Gasteiger partial charge in [-0.05, 0) is 59.3 Å². The average molecular weight is 603 g/mol. The Morgan fingerprint density at radius 2 is 0.574 bits per heavy atom. The first-order valence-corrected chi connectivity index (χ1v) is 16.0. The summed E-state index contributed by atoms with van der Waals surface area (Å²) in [7, 11) is 0. The molecule has 0 bridgehead atoms. The summed E-state index contributed by atoms with van der Waals surface area (Å²) >= 11 is 0. The quantitative estimate of drug-likeness (QED) is 0.189. The maximum absolute atomic E-state index is 6.94. The van der Waals surface area contributed by atoms with Crippen LogP contribution in [0.4, 0.5) is 34.1 Å². The van der Waals surface area contributed by atoms with Crippen molar-refractivity contribution in [3.05, 3.63) is 182 Å². The summed E-state index contributed by atoms with van der Waals surface area (Å²) in [4.78, 5) is 4.65. The maximum Gasteiger partial charge on any atom is 0.138 e. The van der Waals surface area contributed by atoms with Gasteiger partial charge in [0.25, 0.3) is 0 Å². The third kappa shape index (κ3) is 4.52. The van der Waals surface area contributed by atoms with Crippen molar-refractivity contribution < 1.29 is 4.42 Å². The second kappa shape index (κ2) is 11.2. The molecular weight excluding hydrogens is 572 g/mol. The van der Waals surface area contributed by atoms with Gasteiger partial charge in [-0.3, -0.25) is 0 Å². The monoisotopic (exact) mass is 602 g/mol. The van der Waals surface area contributed by atoms with Crippen LogP contribution in [0, 0.1) is 0 Å². The van der Waals surface area contributed by atoms with Crippen LogP contribution in [0.1, 0.15) is 0 Å². The molecule has 0 unspecified atom stereocenters. The van der Waals surface area contributed by atoms with E-state index >= 15 is 0 Å². The number of fused-ring (bicyclic) bond motifs is 7. The zero-order valence-electron chi connectivity index (χ0n) is 25.6. The van der Waals surface area contributed by atoms with E-state index in [4.69, 9.17) is 4.42 Å². The van der Waals surface area contributed by atoms with Gasteiger partial charge in [0.15, 0.2) is 0 Å². The number of hydrogen-bond acceptors (Lipinski definition) is 3. The molecule has 9 aromatic rings. The molecule has 8 aromatic carbocycles. The zero-order valence-corrected chi connectivity index (χ0v) is 25.6. The molecule has 0 radical (unpaired) electrons. The average Bonchev–Trinajstić information content (AvgIpc) is 3.52. The van der Waals surface area contributed by atoms with Crippen LogP contribution in [0.2, 0.25) is 0 Å². The fourth-order valence-electron chi connectivity index (χ4n) is 6.99. The number of nitrogens with zero attached hydrogens (tertiary/aromatic N) is 2. The van der Waals surface area contributed by atoms with Crippen LogP contribution in [0.3, 0.4) is 0 Å². The van der Waals surface area contributed by atoms with Crippen molar-refractivity contribution in [1.29, 1.82) is 0 Å². The fourth-order valence-corrected chi connectivity index (χ4v) is 6.99. The van der Waals surface area contributed by atoms with Gasteiger partial charge in [0.1, 0.15) is 11.2 Å². The summed E-state index contributed by atoms with van der Waals surface area (Å²) in [5.74, 6) is 0. The molecule has 9 rings (SSSR count). The molecule has 3 nitrogen and oxygen atoms in total. The van der Waals surface area contributed by atoms with Gasteiger partial charge in [-0.2, -0.15) is 0 Å². The molecule has 0 aliphatic heterocycles. The number of furan rings is 1. The SMILES string of the molecule is c1ccc(N(c2ccccc2)c2cc3oc4cc(N(c5ccccc5)c5ccccc5)c5ccccc5c4c3c3ccccc23)cc1. The minimum atomic E-state index is 0.860. The number of para-hydroxylation sites is 4. The lowest BCUT2D eigenvalue weighted by Gasteiger charge is -2.27. The van der Waals surface area contributed by atoms with E-state index in [1.807, 2.05) is 0 Å². The van der Waals surface area contributed by atoms with E-state index in [0.717, 1.165) is 66.8 Å². The maximum atomic E-state index is 6.94. The molecular formula is C44H30N2O. The zero-order chi connectivity index (χ0) is 31.2. The van der Waals surface area contributed by atoms with Crippen molar-refractivity contribution in [3.63, 3.8) is 0 Å². The van der Waals surface area contributed by atoms with Crippen molar-refractivity contribution >= 4 is 77.6 Å². The first-order valence-electron chi connectivity index (χ1n) is 16.0. The normalized spacial score (nSPS) is 11.4. The second-order valence-electron chi connectivity index (χ2n) is 11.7. The molecule has 0 saturated heterocycles. The van der Waals surface area contributed by atoms with Crippen LogP contribution in [0.25, 0.3) is 43.5 Å². The third-order valence-corrected chi connectivity index (χ3v) is 8.98. The minimum absolute atomic E-state index is 0.860. The molecule has 222 valence electrons. The number of benzene rings is 8. The second-order valence-corrected chi connectivity index (χ2v) is 11.7. The molecule has 0 fully saturated rings. The third-order valence-electron chi connectivity index (χ3n) is 8.98. The molecule has 1 aromatic heterocycles. The highest BCUT2D eigenvalue weighted by atomic mass is 16.3. The highest BCUT2D eigenvalue weighted by molar-refractivity contribution is 6.30. The van der Waals surface area contributed by atoms with Crippen LogP contribution in [0.5, 0.6) is 0 Å². The lowest BCUT2D eigenvalue weighted by molar-refractivity contribution is 0.669. The Bertz CT molecular complexity index is 2250. The standard InChI is InChI=1S/C44H30N2O/c1-5-17-31(18-6-1)45(32-19-7-2-8-20-32)39-29-41-43(37-27-15-13-25-35(37)39)44-38-28-16-14-26-36(38)40(30-42(44)47-41)46(33-21-9-3-10-22-33)34-23-11-4-12-24-34/h1-30H. The molecule has 0 aliphatic rings. The Balaban J connectivity index is 1.37. The van der Waals surface area contributed by atoms with E-state index in [1.54, 1.807) is 0 Å². The molecule has 47 heavy (non-hydrogen) atoms. The Labute approximate surface area is 273 Å². The number of hydrogen-bond donors (Lipinski definition) is 0. The minimum Gasteiger partial charge on any atom is -0.456 e. The molecule has 0 amide bonds. The van der Waals surface area contributed by atoms with Gasteiger partial charge >= 0.3 is 0 Å². The summed E-state index contributed by atoms with van der Waals surface area (Å²) < 4.78 is 6.94. The summed E-state index contributed by atoms with van der Waals surface area (Å²) in [6.07, 6.45) is 0. The topological polar surface area (TPSA) is 19.6 Å². The van der Waals surface area contributed by atoms with Crippen molar-refractivity contribution in [2.75, 3.05) is 9.80 Å². The summed E-state index contributed by atoms with van der Waals surface area (Å²) in [5, 5.41) is 6.92. The lowest BCUT2D eigenvalue weighted by Crippen LogP contribution is -2.10. The van der Waals surface area contributed by atoms with Gasteiger partial charge in [0, 0.05) is 56.4 Å². The van der Waals surface area contributed by atoms with Crippen molar-refractivity contribution in [1.82, 2.24) is 0 Å². The van der Waals surface area contributed by atoms with E-state index in [2.05, 4.69) is 192 Å². The van der Waals surface area contributed by atoms with Crippen LogP contribution in [-0.2, 0) is 0 Å². The van der Waals surface area contributed by atoms with Crippen LogP contribution in [-0.4, -0.2) is 0 Å². The van der Waals surface area contributed by atoms with Gasteiger partial charge in [0.05, 0.1) is 11.4 Å². The van der Waals surface area contributed by atoms with E-state index in [0.29, 0.717) is 0 Å². The Morgan fingerprint density at radius 1 is 0.298 bits per heavy atom. The van der Waals surface area contributed by atoms with Gasteiger partial charge < -0.3 is 14.2 Å². The number of rotatable bonds is 6. The molecule has 3 heteroatoms. The first kappa shape index (κ1) is 27.0. The fraction of sp³-hybridized carbons (Fsp3) is 0. The van der Waals surface area contributed by atoms with Gasteiger partial charge in [-0.1, -0.05) is 121 Å². The predicted molar refractivity (Wildman–Crippen MR) is 198 cm³/mol. The highest BCUT2D eigenvalue weighted by Gasteiger charge is 2.23. The van der Waals surface area contributed by atoms with E-state index < -0.39 is 0 Å². The van der Waals surface area contributed by atoms with Crippen LogP contribution in [0.15, 0.2) is 186 Å². The Kier molecular flexibility index (Phi) is 6.46. The Hall–Kier alpha value is -6.32. The smallest absolute Gasteiger partial charge is 0.138 e. The Morgan fingerprint density at radius 3 is 0.894 bits per heavy atom. The molecule has 0 saturated carbocycles. The molecule has 0 aliphatic carbocycles. The van der Waals surface area contributed by atoms with Crippen LogP contribution < -0.4 is 9.80 Å². The molecule has 0 atom stereocenters. The van der Waals surface area contributed by atoms with Crippen molar-refractivity contribution in [2.24, 2.45) is 0 Å². The largest absolute Gasteiger partial charge is 0.456 e. The summed E-state index contributed by atoms with van der Waals surface area (Å²) in [5.41, 5.74) is 8.23. The van der Waals surface area contributed by atoms with Crippen molar-refractivity contribution in [3.8, 4) is 0 Å². The van der Waals surface area contributed by atoms with E-state index in [9.17, 15) is 0 Å². The molecule has 0 spiro atoms. The predicted octanol–water partition coefficient (Wildman–Crippen LogP) is 12.8. The van der Waals surface area contributed by atoms with E-state index in [-0.39, 0.29) is 0 Å². The summed E-state index contributed by atoms with van der Waals surface area (Å²) in [6.45, 7) is 0. The number of anilines is 6. The molecule has 1 heterocycles. The lowest BCUT2D eigenvalue weighted by atomic mass is 9.96. The van der Waals surface area contributed by atoms with Crippen LogP contribution >= 0.6 is 0 Å². The molecule has 0 N–H and O–H groups in total. The van der Waals surface area contributed by atoms with Gasteiger partial charge in [-0.15, -0.1) is 0 Å². The summed E-state index contributed by atoms with van der Waals surface area (Å²) in [6, 6.07) is 64.1. The van der Waals surface area contributed by atoms with Gasteiger partial charge in [0.2, 0.25) is 0 Å².